The summed E-state index contributed by atoms with van der Waals surface area (Å²) in [5, 5.41) is 9.28. The predicted octanol–water partition coefficient (Wildman–Crippen LogP) is 4.69. The van der Waals surface area contributed by atoms with Crippen molar-refractivity contribution in [3.63, 3.8) is 0 Å². The monoisotopic (exact) mass is 278 g/mol. The van der Waals surface area contributed by atoms with Gasteiger partial charge in [0.15, 0.2) is 0 Å². The summed E-state index contributed by atoms with van der Waals surface area (Å²) in [4.78, 5) is 11.3. The molecule has 0 aliphatic heterocycles. The molecule has 0 aliphatic rings. The second-order valence-electron chi connectivity index (χ2n) is 5.15. The Morgan fingerprint density at radius 1 is 1.10 bits per heavy atom. The highest BCUT2D eigenvalue weighted by Gasteiger charge is 2.12. The fourth-order valence-corrected chi connectivity index (χ4v) is 2.14. The largest absolute Gasteiger partial charge is 0.493 e. The van der Waals surface area contributed by atoms with E-state index in [0.29, 0.717) is 12.4 Å². The quantitative estimate of drug-likeness (QED) is 0.632. The molecular formula is C17H26O3. The summed E-state index contributed by atoms with van der Waals surface area (Å²) in [5.41, 5.74) is 1.37. The van der Waals surface area contributed by atoms with E-state index in [1.807, 2.05) is 6.07 Å². The topological polar surface area (TPSA) is 46.5 Å². The van der Waals surface area contributed by atoms with E-state index < -0.39 is 5.97 Å². The van der Waals surface area contributed by atoms with Crippen LogP contribution in [0.4, 0.5) is 0 Å². The average molecular weight is 278 g/mol. The molecular weight excluding hydrogens is 252 g/mol. The number of unbranched alkanes of at least 4 members (excludes halogenated alkanes) is 4. The van der Waals surface area contributed by atoms with E-state index >= 15 is 0 Å². The SMILES string of the molecule is CCCCCOc1ccc(CCCCC)cc1C(=O)O. The summed E-state index contributed by atoms with van der Waals surface area (Å²) in [7, 11) is 0. The number of carboxylic acids is 1. The van der Waals surface area contributed by atoms with E-state index in [1.165, 1.54) is 12.8 Å². The highest BCUT2D eigenvalue weighted by atomic mass is 16.5. The van der Waals surface area contributed by atoms with Crippen molar-refractivity contribution in [3.8, 4) is 5.75 Å². The average Bonchev–Trinajstić information content (AvgIpc) is 2.44. The summed E-state index contributed by atoms with van der Waals surface area (Å²) in [6, 6.07) is 5.54. The van der Waals surface area contributed by atoms with Crippen molar-refractivity contribution >= 4 is 5.97 Å². The molecule has 0 saturated carbocycles. The van der Waals surface area contributed by atoms with Crippen molar-refractivity contribution in [3.05, 3.63) is 29.3 Å². The molecule has 0 atom stereocenters. The summed E-state index contributed by atoms with van der Waals surface area (Å²) in [6.45, 7) is 4.88. The van der Waals surface area contributed by atoms with E-state index in [0.717, 1.165) is 37.7 Å². The van der Waals surface area contributed by atoms with Gasteiger partial charge in [0, 0.05) is 0 Å². The number of hydrogen-bond donors (Lipinski definition) is 1. The lowest BCUT2D eigenvalue weighted by atomic mass is 10.0. The molecule has 1 aromatic carbocycles. The number of carbonyl (C=O) groups is 1. The van der Waals surface area contributed by atoms with Gasteiger partial charge in [-0.15, -0.1) is 0 Å². The van der Waals surface area contributed by atoms with Gasteiger partial charge >= 0.3 is 5.97 Å². The Labute approximate surface area is 122 Å². The van der Waals surface area contributed by atoms with Crippen molar-refractivity contribution in [2.75, 3.05) is 6.61 Å². The molecule has 0 aromatic heterocycles. The third kappa shape index (κ3) is 5.64. The molecule has 0 radical (unpaired) electrons. The van der Waals surface area contributed by atoms with Crippen LogP contribution in [-0.2, 0) is 6.42 Å². The first kappa shape index (κ1) is 16.5. The molecule has 0 unspecified atom stereocenters. The first-order chi connectivity index (χ1) is 9.69. The first-order valence-electron chi connectivity index (χ1n) is 7.68. The van der Waals surface area contributed by atoms with Gasteiger partial charge in [-0.25, -0.2) is 4.79 Å². The zero-order chi connectivity index (χ0) is 14.8. The third-order valence-corrected chi connectivity index (χ3v) is 3.35. The Morgan fingerprint density at radius 3 is 2.45 bits per heavy atom. The van der Waals surface area contributed by atoms with E-state index in [2.05, 4.69) is 13.8 Å². The molecule has 112 valence electrons. The normalized spacial score (nSPS) is 10.5. The van der Waals surface area contributed by atoms with Crippen LogP contribution in [0.25, 0.3) is 0 Å². The third-order valence-electron chi connectivity index (χ3n) is 3.35. The number of hydrogen-bond acceptors (Lipinski definition) is 2. The first-order valence-corrected chi connectivity index (χ1v) is 7.68. The molecule has 0 spiro atoms. The molecule has 0 fully saturated rings. The molecule has 0 aliphatic carbocycles. The maximum absolute atomic E-state index is 11.3. The predicted molar refractivity (Wildman–Crippen MR) is 81.7 cm³/mol. The van der Waals surface area contributed by atoms with Crippen molar-refractivity contribution in [1.29, 1.82) is 0 Å². The van der Waals surface area contributed by atoms with Gasteiger partial charge in [-0.05, 0) is 37.0 Å². The molecule has 0 bridgehead atoms. The standard InChI is InChI=1S/C17H26O3/c1-3-5-7-9-14-10-11-16(15(13-14)17(18)19)20-12-8-6-4-2/h10-11,13H,3-9,12H2,1-2H3,(H,18,19). The number of aryl methyl sites for hydroxylation is 1. The van der Waals surface area contributed by atoms with Crippen LogP contribution in [0.1, 0.15) is 68.3 Å². The van der Waals surface area contributed by atoms with Crippen LogP contribution in [-0.4, -0.2) is 17.7 Å². The maximum atomic E-state index is 11.3. The minimum atomic E-state index is -0.909. The second kappa shape index (κ2) is 9.40. The van der Waals surface area contributed by atoms with Gasteiger partial charge in [-0.1, -0.05) is 45.6 Å². The lowest BCUT2D eigenvalue weighted by molar-refractivity contribution is 0.0692. The highest BCUT2D eigenvalue weighted by molar-refractivity contribution is 5.91. The van der Waals surface area contributed by atoms with Crippen molar-refractivity contribution in [2.24, 2.45) is 0 Å². The van der Waals surface area contributed by atoms with E-state index in [9.17, 15) is 9.90 Å². The van der Waals surface area contributed by atoms with Crippen molar-refractivity contribution < 1.29 is 14.6 Å². The summed E-state index contributed by atoms with van der Waals surface area (Å²) < 4.78 is 5.60. The Kier molecular flexibility index (Phi) is 7.78. The van der Waals surface area contributed by atoms with E-state index in [1.54, 1.807) is 12.1 Å². The van der Waals surface area contributed by atoms with Crippen molar-refractivity contribution in [1.82, 2.24) is 0 Å². The molecule has 1 rings (SSSR count). The molecule has 0 heterocycles. The Balaban J connectivity index is 2.67. The fourth-order valence-electron chi connectivity index (χ4n) is 2.14. The molecule has 1 aromatic rings. The van der Waals surface area contributed by atoms with Gasteiger partial charge < -0.3 is 9.84 Å². The lowest BCUT2D eigenvalue weighted by Gasteiger charge is -2.10. The minimum Gasteiger partial charge on any atom is -0.493 e. The zero-order valence-corrected chi connectivity index (χ0v) is 12.7. The summed E-state index contributed by atoms with van der Waals surface area (Å²) in [6.07, 6.45) is 7.59. The molecule has 3 nitrogen and oxygen atoms in total. The Hall–Kier alpha value is -1.51. The number of benzene rings is 1. The number of rotatable bonds is 10. The van der Waals surface area contributed by atoms with Crippen LogP contribution < -0.4 is 4.74 Å². The Morgan fingerprint density at radius 2 is 1.80 bits per heavy atom. The highest BCUT2D eigenvalue weighted by Crippen LogP contribution is 2.22. The van der Waals surface area contributed by atoms with Crippen LogP contribution >= 0.6 is 0 Å². The Bertz CT molecular complexity index is 413. The minimum absolute atomic E-state index is 0.287. The van der Waals surface area contributed by atoms with Gasteiger partial charge in [-0.2, -0.15) is 0 Å². The number of aromatic carboxylic acids is 1. The van der Waals surface area contributed by atoms with E-state index in [4.69, 9.17) is 4.74 Å². The van der Waals surface area contributed by atoms with Gasteiger partial charge in [-0.3, -0.25) is 0 Å². The lowest BCUT2D eigenvalue weighted by Crippen LogP contribution is -2.05. The number of carboxylic acid groups (broad SMARTS) is 1. The zero-order valence-electron chi connectivity index (χ0n) is 12.7. The van der Waals surface area contributed by atoms with Crippen LogP contribution in [0.2, 0.25) is 0 Å². The fraction of sp³-hybridized carbons (Fsp3) is 0.588. The van der Waals surface area contributed by atoms with Gasteiger partial charge in [0.25, 0.3) is 0 Å². The van der Waals surface area contributed by atoms with Gasteiger partial charge in [0.1, 0.15) is 11.3 Å². The molecule has 0 amide bonds. The summed E-state index contributed by atoms with van der Waals surface area (Å²) in [5.74, 6) is -0.416. The van der Waals surface area contributed by atoms with Crippen LogP contribution in [0, 0.1) is 0 Å². The molecule has 1 N–H and O–H groups in total. The maximum Gasteiger partial charge on any atom is 0.339 e. The number of ether oxygens (including phenoxy) is 1. The molecule has 20 heavy (non-hydrogen) atoms. The summed E-state index contributed by atoms with van der Waals surface area (Å²) >= 11 is 0. The van der Waals surface area contributed by atoms with Gasteiger partial charge in [0.05, 0.1) is 6.61 Å². The van der Waals surface area contributed by atoms with Gasteiger partial charge in [0.2, 0.25) is 0 Å². The molecule has 3 heteroatoms. The smallest absolute Gasteiger partial charge is 0.339 e. The second-order valence-corrected chi connectivity index (χ2v) is 5.15. The van der Waals surface area contributed by atoms with Crippen LogP contribution in [0.3, 0.4) is 0 Å². The van der Waals surface area contributed by atoms with Crippen LogP contribution in [0.15, 0.2) is 18.2 Å². The molecule has 0 saturated heterocycles. The van der Waals surface area contributed by atoms with Crippen molar-refractivity contribution in [2.45, 2.75) is 58.8 Å². The van der Waals surface area contributed by atoms with Crippen LogP contribution in [0.5, 0.6) is 5.75 Å². The van der Waals surface area contributed by atoms with E-state index in [-0.39, 0.29) is 5.56 Å².